The van der Waals surface area contributed by atoms with Gasteiger partial charge in [-0.1, -0.05) is 6.08 Å². The molecular weight excluding hydrogens is 290 g/mol. The number of likely N-dealkylation sites (N-methyl/N-ethyl adjacent to an activating group) is 1. The summed E-state index contributed by atoms with van der Waals surface area (Å²) in [5.74, 6) is -1.12. The molecule has 1 heterocycles. The van der Waals surface area contributed by atoms with Crippen molar-refractivity contribution in [3.8, 4) is 0 Å². The van der Waals surface area contributed by atoms with E-state index in [1.807, 2.05) is 21.1 Å². The molecule has 8 nitrogen and oxygen atoms in total. The lowest BCUT2D eigenvalue weighted by Gasteiger charge is -2.27. The van der Waals surface area contributed by atoms with Crippen LogP contribution in [-0.2, 0) is 9.59 Å². The summed E-state index contributed by atoms with van der Waals surface area (Å²) in [6, 6.07) is 0. The lowest BCUT2D eigenvalue weighted by atomic mass is 10.3. The molecule has 0 aliphatic carbocycles. The fourth-order valence-corrected chi connectivity index (χ4v) is 1.78. The first-order chi connectivity index (χ1) is 10.1. The van der Waals surface area contributed by atoms with Gasteiger partial charge in [0.15, 0.2) is 19.8 Å². The van der Waals surface area contributed by atoms with Crippen molar-refractivity contribution in [2.75, 3.05) is 41.0 Å². The molecule has 8 heteroatoms. The van der Waals surface area contributed by atoms with Gasteiger partial charge in [-0.2, -0.15) is 0 Å². The molecule has 0 fully saturated rings. The summed E-state index contributed by atoms with van der Waals surface area (Å²) in [5, 5.41) is 26.2. The van der Waals surface area contributed by atoms with Crippen molar-refractivity contribution < 1.29 is 33.9 Å². The lowest BCUT2D eigenvalue weighted by Crippen LogP contribution is -2.50. The first kappa shape index (κ1) is 20.0. The molecule has 0 aromatic carbocycles. The largest absolute Gasteiger partial charge is 0.477 e. The van der Waals surface area contributed by atoms with E-state index in [4.69, 9.17) is 10.2 Å². The highest BCUT2D eigenvalue weighted by molar-refractivity contribution is 5.82. The fraction of sp³-hybridized carbons (Fsp3) is 0.500. The molecule has 1 aliphatic heterocycles. The SMILES string of the molecule is C=CCC1=NC=C[N+]1(CO)CC(=O)O.C[N+](C)(C)CC(=O)O. The van der Waals surface area contributed by atoms with E-state index >= 15 is 0 Å². The molecule has 1 atom stereocenters. The van der Waals surface area contributed by atoms with Crippen LogP contribution in [0.1, 0.15) is 6.42 Å². The Balaban J connectivity index is 0.000000472. The number of aliphatic hydroxyl groups excluding tert-OH is 1. The van der Waals surface area contributed by atoms with E-state index < -0.39 is 11.9 Å². The van der Waals surface area contributed by atoms with Gasteiger partial charge in [-0.25, -0.2) is 19.1 Å². The minimum Gasteiger partial charge on any atom is -0.477 e. The van der Waals surface area contributed by atoms with Crippen molar-refractivity contribution in [2.45, 2.75) is 6.42 Å². The van der Waals surface area contributed by atoms with Crippen LogP contribution in [0.4, 0.5) is 0 Å². The summed E-state index contributed by atoms with van der Waals surface area (Å²) < 4.78 is 0.358. The normalized spacial score (nSPS) is 19.9. The first-order valence-corrected chi connectivity index (χ1v) is 6.64. The molecule has 0 bridgehead atoms. The number of quaternary nitrogens is 2. The average molecular weight is 315 g/mol. The summed E-state index contributed by atoms with van der Waals surface area (Å²) in [7, 11) is 5.52. The van der Waals surface area contributed by atoms with Gasteiger partial charge in [0.25, 0.3) is 0 Å². The van der Waals surface area contributed by atoms with E-state index in [2.05, 4.69) is 11.6 Å². The third kappa shape index (κ3) is 7.11. The molecule has 124 valence electrons. The number of hydrogen-bond acceptors (Lipinski definition) is 4. The van der Waals surface area contributed by atoms with E-state index in [0.717, 1.165) is 0 Å². The molecule has 1 aliphatic rings. The van der Waals surface area contributed by atoms with E-state index in [0.29, 0.717) is 16.7 Å². The van der Waals surface area contributed by atoms with Crippen LogP contribution in [0.3, 0.4) is 0 Å². The van der Waals surface area contributed by atoms with Gasteiger partial charge in [-0.3, -0.25) is 0 Å². The molecule has 0 aromatic rings. The third-order valence-corrected chi connectivity index (χ3v) is 2.70. The zero-order chi connectivity index (χ0) is 17.4. The van der Waals surface area contributed by atoms with E-state index in [-0.39, 0.29) is 24.3 Å². The predicted molar refractivity (Wildman–Crippen MR) is 81.8 cm³/mol. The Morgan fingerprint density at radius 2 is 1.91 bits per heavy atom. The number of aliphatic carboxylic acids is 2. The molecule has 1 rings (SSSR count). The monoisotopic (exact) mass is 315 g/mol. The van der Waals surface area contributed by atoms with Crippen molar-refractivity contribution in [1.29, 1.82) is 0 Å². The maximum atomic E-state index is 10.6. The molecule has 22 heavy (non-hydrogen) atoms. The number of aliphatic imine (C=N–C) groups is 1. The van der Waals surface area contributed by atoms with Crippen molar-refractivity contribution in [1.82, 2.24) is 0 Å². The van der Waals surface area contributed by atoms with Gasteiger partial charge in [0.1, 0.15) is 6.20 Å². The molecule has 0 saturated heterocycles. The van der Waals surface area contributed by atoms with Gasteiger partial charge >= 0.3 is 11.9 Å². The second-order valence-electron chi connectivity index (χ2n) is 5.91. The summed E-state index contributed by atoms with van der Waals surface area (Å²) in [4.78, 5) is 24.6. The van der Waals surface area contributed by atoms with Gasteiger partial charge in [0, 0.05) is 0 Å². The summed E-state index contributed by atoms with van der Waals surface area (Å²) in [6.45, 7) is 3.25. The number of nitrogens with zero attached hydrogens (tertiary/aromatic N) is 3. The van der Waals surface area contributed by atoms with E-state index in [1.165, 1.54) is 6.20 Å². The molecular formula is C14H25N3O5+2. The Bertz CT molecular complexity index is 479. The Hall–Kier alpha value is -2.03. The van der Waals surface area contributed by atoms with Gasteiger partial charge < -0.3 is 19.8 Å². The van der Waals surface area contributed by atoms with E-state index in [9.17, 15) is 14.7 Å². The molecule has 0 aromatic heterocycles. The molecule has 1 unspecified atom stereocenters. The molecule has 0 amide bonds. The number of hydrogen-bond donors (Lipinski definition) is 3. The minimum atomic E-state index is -0.970. The predicted octanol–water partition coefficient (Wildman–Crippen LogP) is 0.0742. The fourth-order valence-electron chi connectivity index (χ4n) is 1.78. The highest BCUT2D eigenvalue weighted by Crippen LogP contribution is 2.18. The zero-order valence-corrected chi connectivity index (χ0v) is 13.3. The van der Waals surface area contributed by atoms with Crippen LogP contribution in [0.15, 0.2) is 30.0 Å². The number of rotatable bonds is 7. The minimum absolute atomic E-state index is 0.124. The van der Waals surface area contributed by atoms with Crippen LogP contribution in [0.5, 0.6) is 0 Å². The lowest BCUT2D eigenvalue weighted by molar-refractivity contribution is -0.862. The van der Waals surface area contributed by atoms with Gasteiger partial charge in [0.2, 0.25) is 5.84 Å². The van der Waals surface area contributed by atoms with Crippen molar-refractivity contribution in [3.63, 3.8) is 0 Å². The number of carboxylic acid groups (broad SMARTS) is 2. The standard InChI is InChI=1S/C9H12N2O3.C5H11NO2/c1-2-3-8-10-4-5-11(8,7-12)6-9(13)14;1-6(2,3)4-5(7)8/h2,4-5,12H,1,3,6-7H2;4H2,1-3H3/p+2. The Morgan fingerprint density at radius 1 is 1.32 bits per heavy atom. The third-order valence-electron chi connectivity index (χ3n) is 2.70. The van der Waals surface area contributed by atoms with E-state index in [1.54, 1.807) is 12.3 Å². The maximum Gasteiger partial charge on any atom is 0.360 e. The Kier molecular flexibility index (Phi) is 7.64. The van der Waals surface area contributed by atoms with Crippen LogP contribution >= 0.6 is 0 Å². The first-order valence-electron chi connectivity index (χ1n) is 6.64. The molecule has 0 spiro atoms. The maximum absolute atomic E-state index is 10.6. The Labute approximate surface area is 130 Å². The van der Waals surface area contributed by atoms with Crippen molar-refractivity contribution in [2.24, 2.45) is 4.99 Å². The topological polar surface area (TPSA) is 107 Å². The van der Waals surface area contributed by atoms with Gasteiger partial charge in [0.05, 0.1) is 33.8 Å². The van der Waals surface area contributed by atoms with Gasteiger partial charge in [-0.05, 0) is 0 Å². The second-order valence-corrected chi connectivity index (χ2v) is 5.91. The van der Waals surface area contributed by atoms with Gasteiger partial charge in [-0.15, -0.1) is 6.58 Å². The van der Waals surface area contributed by atoms with Crippen molar-refractivity contribution >= 4 is 17.8 Å². The van der Waals surface area contributed by atoms with Crippen LogP contribution in [0.25, 0.3) is 0 Å². The van der Waals surface area contributed by atoms with Crippen LogP contribution in [-0.4, -0.2) is 83.0 Å². The number of amidine groups is 1. The highest BCUT2D eigenvalue weighted by Gasteiger charge is 2.36. The summed E-state index contributed by atoms with van der Waals surface area (Å²) in [6.07, 6.45) is 5.20. The second kappa shape index (κ2) is 8.42. The summed E-state index contributed by atoms with van der Waals surface area (Å²) in [5.41, 5.74) is 0. The molecule has 3 N–H and O–H groups in total. The quantitative estimate of drug-likeness (QED) is 0.455. The number of aliphatic hydroxyl groups is 1. The van der Waals surface area contributed by atoms with Crippen molar-refractivity contribution in [3.05, 3.63) is 25.1 Å². The smallest absolute Gasteiger partial charge is 0.360 e. The molecule has 0 saturated carbocycles. The highest BCUT2D eigenvalue weighted by atomic mass is 16.4. The van der Waals surface area contributed by atoms with Crippen LogP contribution in [0.2, 0.25) is 0 Å². The number of carbonyl (C=O) groups is 2. The zero-order valence-electron chi connectivity index (χ0n) is 13.3. The Morgan fingerprint density at radius 3 is 2.23 bits per heavy atom. The summed E-state index contributed by atoms with van der Waals surface area (Å²) >= 11 is 0. The average Bonchev–Trinajstić information content (AvgIpc) is 2.70. The number of carboxylic acids is 2. The van der Waals surface area contributed by atoms with Crippen LogP contribution < -0.4 is 0 Å². The molecule has 0 radical (unpaired) electrons. The van der Waals surface area contributed by atoms with Crippen LogP contribution in [0, 0.1) is 0 Å².